The molecule has 5 aliphatic rings. The van der Waals surface area contributed by atoms with Gasteiger partial charge in [0.1, 0.15) is 66.5 Å². The number of hydrogen-bond acceptors (Lipinski definition) is 16. The number of methoxy groups -OCH3 is 1. The monoisotopic (exact) mass is 971 g/mol. The van der Waals surface area contributed by atoms with Crippen molar-refractivity contribution in [1.82, 2.24) is 10.3 Å². The van der Waals surface area contributed by atoms with Crippen molar-refractivity contribution >= 4 is 45.2 Å². The lowest BCUT2D eigenvalue weighted by Gasteiger charge is -2.38. The Morgan fingerprint density at radius 1 is 0.986 bits per heavy atom. The summed E-state index contributed by atoms with van der Waals surface area (Å²) >= 11 is 0. The second kappa shape index (κ2) is 21.2. The minimum atomic E-state index is -2.05. The van der Waals surface area contributed by atoms with Crippen LogP contribution in [0, 0.1) is 30.6 Å². The second-order valence-electron chi connectivity index (χ2n) is 19.4. The van der Waals surface area contributed by atoms with Crippen molar-refractivity contribution in [3.05, 3.63) is 75.7 Å². The normalized spacial score (nSPS) is 28.8. The highest BCUT2D eigenvalue weighted by Crippen LogP contribution is 2.50. The zero-order valence-corrected chi connectivity index (χ0v) is 41.6. The number of rotatable bonds is 12. The number of aliphatic hydroxyl groups is 2. The molecule has 4 heterocycles. The van der Waals surface area contributed by atoms with E-state index in [1.165, 1.54) is 66.3 Å². The van der Waals surface area contributed by atoms with E-state index in [0.29, 0.717) is 44.2 Å². The lowest BCUT2D eigenvalue weighted by molar-refractivity contribution is -0.778. The summed E-state index contributed by atoms with van der Waals surface area (Å²) in [7, 11) is 3.67. The van der Waals surface area contributed by atoms with Gasteiger partial charge in [0.25, 0.3) is 11.7 Å². The molecule has 18 nitrogen and oxygen atoms in total. The minimum Gasteiger partial charge on any atom is -0.507 e. The van der Waals surface area contributed by atoms with Gasteiger partial charge in [0, 0.05) is 80.3 Å². The molecule has 0 unspecified atom stereocenters. The van der Waals surface area contributed by atoms with Gasteiger partial charge in [0.15, 0.2) is 11.3 Å². The number of nitrogens with one attached hydrogen (secondary N) is 2. The predicted octanol–water partition coefficient (Wildman–Crippen LogP) is 5.39. The molecule has 1 fully saturated rings. The molecule has 0 spiro atoms. The first-order valence-electron chi connectivity index (χ1n) is 23.9. The third-order valence-electron chi connectivity index (χ3n) is 14.0. The Hall–Kier alpha value is -5.89. The number of allylic oxidation sites excluding steroid dienone is 2. The Balaban J connectivity index is 1.29. The fourth-order valence-electron chi connectivity index (χ4n) is 9.17. The van der Waals surface area contributed by atoms with Crippen molar-refractivity contribution in [3.8, 4) is 28.7 Å². The number of amides is 1. The van der Waals surface area contributed by atoms with E-state index in [2.05, 4.69) is 17.7 Å². The summed E-state index contributed by atoms with van der Waals surface area (Å²) in [5, 5.41) is 40.5. The number of aromatic hydroxyl groups is 1. The number of ketones is 1. The van der Waals surface area contributed by atoms with Crippen molar-refractivity contribution in [1.29, 1.82) is 0 Å². The van der Waals surface area contributed by atoms with Crippen LogP contribution in [0.5, 0.6) is 17.2 Å². The summed E-state index contributed by atoms with van der Waals surface area (Å²) in [6, 6.07) is 4.97. The number of fused-ring (bicyclic) bond motifs is 2. The Kier molecular flexibility index (Phi) is 15.7. The van der Waals surface area contributed by atoms with E-state index in [-0.39, 0.29) is 55.9 Å². The molecule has 18 heteroatoms. The van der Waals surface area contributed by atoms with Gasteiger partial charge in [0.05, 0.1) is 55.8 Å². The number of carbonyl (C=O) groups is 3. The quantitative estimate of drug-likeness (QED) is 0.0299. The highest BCUT2D eigenvalue weighted by molar-refractivity contribution is 6.22. The number of phenols is 1. The number of ether oxygens (including phenoxy) is 6. The molecule has 378 valence electrons. The SMILES string of the molecule is CO[C@H]1/C=C/O[C@@]2(C)Oc3c(C)c(O)c4c(=O)c(c5oc6cc(OCCNCCOCC[N+]7(C)CC7)ccc6nc-5c4c3C2=O)NC(=O)/C(C)=C\C=C\[C@H](C)[C@H](O)[C@@H](C)[C@@H](O)[C@@H](C)[C@H](OC(C)=O)[C@@H]1C. The van der Waals surface area contributed by atoms with E-state index in [1.54, 1.807) is 58.0 Å². The number of aromatic nitrogens is 1. The summed E-state index contributed by atoms with van der Waals surface area (Å²) < 4.78 is 43.3. The molecular formula is C52H67N4O14+. The van der Waals surface area contributed by atoms with Gasteiger partial charge in [0.2, 0.25) is 5.43 Å². The molecule has 0 radical (unpaired) electrons. The zero-order chi connectivity index (χ0) is 50.8. The number of benzene rings is 3. The first-order valence-corrected chi connectivity index (χ1v) is 23.9. The van der Waals surface area contributed by atoms with Crippen LogP contribution in [0.1, 0.15) is 64.4 Å². The standard InChI is InChI=1S/C52H66N4O14/c1-27-12-11-13-28(2)51(63)55-42-46(61)39-38(41-49(42)69-37-26-34(14-15-35(37)54-41)66-24-18-53-17-23-65-25-21-56(9)19-20-56)40-48(32(6)45(39)60)70-52(8,50(40)62)67-22-16-36(64-10)29(3)47(68-33(7)57)31(5)44(59)30(4)43(27)58/h11-16,22,26-27,29-31,36,43-44,47,53,58-59H,17-21,23-25H2,1-10H3,(H-,54,55,60,61,62,63)/p+1/b12-11+,22-16+,28-13-/t27-,29+,30+,31+,36-,43-,44+,47+,52-/m0/s1. The highest BCUT2D eigenvalue weighted by Gasteiger charge is 2.50. The number of phenolic OH excluding ortho intramolecular Hbond substituents is 1. The van der Waals surface area contributed by atoms with Gasteiger partial charge >= 0.3 is 11.8 Å². The van der Waals surface area contributed by atoms with Crippen LogP contribution in [0.2, 0.25) is 0 Å². The maximum absolute atomic E-state index is 14.8. The predicted molar refractivity (Wildman–Crippen MR) is 261 cm³/mol. The van der Waals surface area contributed by atoms with Crippen molar-refractivity contribution in [2.24, 2.45) is 23.7 Å². The van der Waals surface area contributed by atoms with Crippen LogP contribution in [-0.2, 0) is 28.5 Å². The molecule has 2 aromatic rings. The highest BCUT2D eigenvalue weighted by atomic mass is 16.7. The van der Waals surface area contributed by atoms with Crippen molar-refractivity contribution in [2.75, 3.05) is 72.0 Å². The average Bonchev–Trinajstić information content (AvgIpc) is 4.01. The molecule has 0 aromatic heterocycles. The third kappa shape index (κ3) is 10.7. The maximum atomic E-state index is 14.8. The van der Waals surface area contributed by atoms with Crippen LogP contribution in [-0.4, -0.2) is 139 Å². The number of esters is 1. The molecule has 5 N–H and O–H groups in total. The molecule has 4 aliphatic heterocycles. The smallest absolute Gasteiger partial charge is 0.312 e. The molecular weight excluding hydrogens is 905 g/mol. The summed E-state index contributed by atoms with van der Waals surface area (Å²) in [6.45, 7) is 18.8. The Morgan fingerprint density at radius 2 is 1.71 bits per heavy atom. The Labute approximate surface area is 407 Å². The largest absolute Gasteiger partial charge is 0.507 e. The molecule has 0 saturated carbocycles. The zero-order valence-electron chi connectivity index (χ0n) is 41.6. The summed E-state index contributed by atoms with van der Waals surface area (Å²) in [6.07, 6.45) is 3.57. The molecule has 2 aromatic carbocycles. The number of aliphatic hydroxyl groups excluding tert-OH is 2. The van der Waals surface area contributed by atoms with Crippen LogP contribution >= 0.6 is 0 Å². The molecule has 70 heavy (non-hydrogen) atoms. The molecule has 1 amide bonds. The summed E-state index contributed by atoms with van der Waals surface area (Å²) in [5.74, 6) is -6.88. The summed E-state index contributed by atoms with van der Waals surface area (Å²) in [4.78, 5) is 60.9. The number of nitrogens with zero attached hydrogens (tertiary/aromatic N) is 2. The van der Waals surface area contributed by atoms with E-state index in [9.17, 15) is 34.5 Å². The van der Waals surface area contributed by atoms with Gasteiger partial charge in [-0.3, -0.25) is 19.2 Å². The van der Waals surface area contributed by atoms with E-state index < -0.39 is 82.7 Å². The lowest BCUT2D eigenvalue weighted by Crippen LogP contribution is -2.46. The topological polar surface area (TPSA) is 234 Å². The van der Waals surface area contributed by atoms with Crippen molar-refractivity contribution in [2.45, 2.75) is 85.6 Å². The van der Waals surface area contributed by atoms with Crippen molar-refractivity contribution in [3.63, 3.8) is 0 Å². The first-order chi connectivity index (χ1) is 33.2. The molecule has 1 saturated heterocycles. The average molecular weight is 972 g/mol. The molecule has 7 rings (SSSR count). The Morgan fingerprint density at radius 3 is 2.41 bits per heavy atom. The Bertz CT molecular complexity index is 2740. The minimum absolute atomic E-state index is 0.0278. The van der Waals surface area contributed by atoms with E-state index in [4.69, 9.17) is 37.8 Å². The van der Waals surface area contributed by atoms with Crippen LogP contribution in [0.15, 0.2) is 63.6 Å². The van der Waals surface area contributed by atoms with Gasteiger partial charge in [-0.15, -0.1) is 0 Å². The van der Waals surface area contributed by atoms with Gasteiger partial charge in [-0.1, -0.05) is 45.9 Å². The maximum Gasteiger partial charge on any atom is 0.312 e. The van der Waals surface area contributed by atoms with Gasteiger partial charge in [-0.2, -0.15) is 0 Å². The first kappa shape index (κ1) is 51.9. The van der Waals surface area contributed by atoms with E-state index in [0.717, 1.165) is 11.0 Å². The fraction of sp³-hybridized carbons (Fsp3) is 0.519. The lowest BCUT2D eigenvalue weighted by atomic mass is 9.78. The number of carbonyl (C=O) groups excluding carboxylic acids is 3. The van der Waals surface area contributed by atoms with Crippen LogP contribution < -0.4 is 25.5 Å². The van der Waals surface area contributed by atoms with Crippen LogP contribution in [0.3, 0.4) is 0 Å². The van der Waals surface area contributed by atoms with E-state index in [1.807, 2.05) is 0 Å². The van der Waals surface area contributed by atoms with Crippen LogP contribution in [0.4, 0.5) is 5.69 Å². The summed E-state index contributed by atoms with van der Waals surface area (Å²) in [5.41, 5.74) is -0.615. The fourth-order valence-corrected chi connectivity index (χ4v) is 9.17. The number of hydrogen-bond donors (Lipinski definition) is 5. The van der Waals surface area contributed by atoms with E-state index >= 15 is 0 Å². The number of likely N-dealkylation sites (N-methyl/N-ethyl adjacent to an activating group) is 1. The van der Waals surface area contributed by atoms with Gasteiger partial charge in [-0.05, 0) is 32.1 Å². The second-order valence-corrected chi connectivity index (χ2v) is 19.4. The molecule has 4 bridgehead atoms. The van der Waals surface area contributed by atoms with Crippen LogP contribution in [0.25, 0.3) is 33.3 Å². The van der Waals surface area contributed by atoms with Gasteiger partial charge in [-0.25, -0.2) is 4.98 Å². The number of Topliss-reactive ketones (excluding diaryl/α,β-unsaturated/α-hetero) is 1. The number of anilines is 1. The molecule has 1 aliphatic carbocycles. The number of quaternary nitrogens is 1. The van der Waals surface area contributed by atoms with Gasteiger partial charge < -0.3 is 63.3 Å². The third-order valence-corrected chi connectivity index (χ3v) is 14.0. The molecule has 9 atom stereocenters. The van der Waals surface area contributed by atoms with Crippen molar-refractivity contribution < 1.29 is 67.0 Å².